The van der Waals surface area contributed by atoms with Gasteiger partial charge in [0.15, 0.2) is 0 Å². The first-order chi connectivity index (χ1) is 9.38. The molecule has 0 aliphatic rings. The van der Waals surface area contributed by atoms with Crippen LogP contribution in [0.1, 0.15) is 29.2 Å². The van der Waals surface area contributed by atoms with Crippen molar-refractivity contribution in [2.45, 2.75) is 26.2 Å². The zero-order valence-electron chi connectivity index (χ0n) is 11.7. The zero-order valence-corrected chi connectivity index (χ0v) is 13.2. The Kier molecular flexibility index (Phi) is 4.09. The highest BCUT2D eigenvalue weighted by molar-refractivity contribution is 6.42. The standard InChI is InChI=1S/C17H15Cl2N/c1-11-4-6-14(12(2)8-11)17(3,10-20)13-5-7-15(18)16(19)9-13/h4-9H,1-3H3. The molecular weight excluding hydrogens is 289 g/mol. The third kappa shape index (κ3) is 2.54. The minimum atomic E-state index is -0.744. The molecule has 2 rings (SSSR count). The van der Waals surface area contributed by atoms with Crippen molar-refractivity contribution in [3.63, 3.8) is 0 Å². The molecule has 1 unspecified atom stereocenters. The van der Waals surface area contributed by atoms with E-state index < -0.39 is 5.41 Å². The lowest BCUT2D eigenvalue weighted by Crippen LogP contribution is -2.22. The van der Waals surface area contributed by atoms with E-state index in [-0.39, 0.29) is 0 Å². The van der Waals surface area contributed by atoms with Crippen LogP contribution >= 0.6 is 23.2 Å². The number of nitriles is 1. The fourth-order valence-electron chi connectivity index (χ4n) is 2.46. The Morgan fingerprint density at radius 3 is 2.25 bits per heavy atom. The van der Waals surface area contributed by atoms with Gasteiger partial charge in [0.05, 0.1) is 16.1 Å². The number of rotatable bonds is 2. The van der Waals surface area contributed by atoms with Gasteiger partial charge in [-0.2, -0.15) is 5.26 Å². The van der Waals surface area contributed by atoms with Gasteiger partial charge in [-0.15, -0.1) is 0 Å². The Labute approximate surface area is 129 Å². The summed E-state index contributed by atoms with van der Waals surface area (Å²) in [6, 6.07) is 13.9. The van der Waals surface area contributed by atoms with Crippen LogP contribution in [0.5, 0.6) is 0 Å². The van der Waals surface area contributed by atoms with Crippen LogP contribution in [0.4, 0.5) is 0 Å². The number of benzene rings is 2. The van der Waals surface area contributed by atoms with E-state index in [2.05, 4.69) is 12.1 Å². The maximum atomic E-state index is 9.72. The molecule has 20 heavy (non-hydrogen) atoms. The van der Waals surface area contributed by atoms with Crippen LogP contribution in [-0.2, 0) is 5.41 Å². The van der Waals surface area contributed by atoms with E-state index in [0.29, 0.717) is 10.0 Å². The predicted molar refractivity (Wildman–Crippen MR) is 84.4 cm³/mol. The highest BCUT2D eigenvalue weighted by Crippen LogP contribution is 2.36. The van der Waals surface area contributed by atoms with Gasteiger partial charge in [-0.25, -0.2) is 0 Å². The van der Waals surface area contributed by atoms with Crippen molar-refractivity contribution in [2.24, 2.45) is 0 Å². The fraction of sp³-hybridized carbons (Fsp3) is 0.235. The smallest absolute Gasteiger partial charge is 0.105 e. The Balaban J connectivity index is 2.64. The van der Waals surface area contributed by atoms with Crippen LogP contribution in [0, 0.1) is 25.2 Å². The second kappa shape index (κ2) is 5.48. The Morgan fingerprint density at radius 1 is 1.00 bits per heavy atom. The van der Waals surface area contributed by atoms with Crippen LogP contribution < -0.4 is 0 Å². The van der Waals surface area contributed by atoms with Gasteiger partial charge in [-0.1, -0.05) is 53.0 Å². The van der Waals surface area contributed by atoms with E-state index in [1.807, 2.05) is 39.0 Å². The van der Waals surface area contributed by atoms with Gasteiger partial charge in [0.25, 0.3) is 0 Å². The Hall–Kier alpha value is -1.49. The van der Waals surface area contributed by atoms with E-state index in [9.17, 15) is 5.26 Å². The Morgan fingerprint density at radius 2 is 1.70 bits per heavy atom. The van der Waals surface area contributed by atoms with Gasteiger partial charge in [0.2, 0.25) is 0 Å². The summed E-state index contributed by atoms with van der Waals surface area (Å²) in [6.07, 6.45) is 0. The SMILES string of the molecule is Cc1ccc(C(C)(C#N)c2ccc(Cl)c(Cl)c2)c(C)c1. The van der Waals surface area contributed by atoms with E-state index in [0.717, 1.165) is 16.7 Å². The average molecular weight is 304 g/mol. The third-order valence-electron chi connectivity index (χ3n) is 3.64. The quantitative estimate of drug-likeness (QED) is 0.724. The van der Waals surface area contributed by atoms with Crippen LogP contribution in [0.3, 0.4) is 0 Å². The van der Waals surface area contributed by atoms with Crippen LogP contribution in [-0.4, -0.2) is 0 Å². The molecule has 0 heterocycles. The minimum Gasteiger partial charge on any atom is -0.197 e. The zero-order chi connectivity index (χ0) is 14.9. The second-order valence-corrected chi connectivity index (χ2v) is 6.00. The monoisotopic (exact) mass is 303 g/mol. The van der Waals surface area contributed by atoms with E-state index in [1.54, 1.807) is 12.1 Å². The van der Waals surface area contributed by atoms with Crippen LogP contribution in [0.2, 0.25) is 10.0 Å². The maximum Gasteiger partial charge on any atom is 0.105 e. The summed E-state index contributed by atoms with van der Waals surface area (Å²) in [5, 5.41) is 10.7. The van der Waals surface area contributed by atoms with Crippen molar-refractivity contribution in [2.75, 3.05) is 0 Å². The van der Waals surface area contributed by atoms with Crippen molar-refractivity contribution >= 4 is 23.2 Å². The summed E-state index contributed by atoms with van der Waals surface area (Å²) in [6.45, 7) is 5.97. The van der Waals surface area contributed by atoms with Crippen molar-refractivity contribution in [1.29, 1.82) is 5.26 Å². The molecular formula is C17H15Cl2N. The average Bonchev–Trinajstić information content (AvgIpc) is 2.41. The molecule has 0 aliphatic heterocycles. The van der Waals surface area contributed by atoms with Crippen molar-refractivity contribution < 1.29 is 0 Å². The first-order valence-electron chi connectivity index (χ1n) is 6.33. The van der Waals surface area contributed by atoms with E-state index in [1.165, 1.54) is 5.56 Å². The maximum absolute atomic E-state index is 9.72. The molecule has 0 radical (unpaired) electrons. The first-order valence-corrected chi connectivity index (χ1v) is 7.08. The van der Waals surface area contributed by atoms with Gasteiger partial charge < -0.3 is 0 Å². The van der Waals surface area contributed by atoms with Gasteiger partial charge in [0.1, 0.15) is 5.41 Å². The molecule has 0 saturated carbocycles. The number of nitrogens with zero attached hydrogens (tertiary/aromatic N) is 1. The molecule has 1 nitrogen and oxygen atoms in total. The number of aryl methyl sites for hydroxylation is 2. The first kappa shape index (κ1) is 14.9. The molecule has 2 aromatic carbocycles. The topological polar surface area (TPSA) is 23.8 Å². The molecule has 1 atom stereocenters. The summed E-state index contributed by atoms with van der Waals surface area (Å²) < 4.78 is 0. The fourth-order valence-corrected chi connectivity index (χ4v) is 2.76. The highest BCUT2D eigenvalue weighted by atomic mass is 35.5. The van der Waals surface area contributed by atoms with Gasteiger partial charge >= 0.3 is 0 Å². The summed E-state index contributed by atoms with van der Waals surface area (Å²) in [5.41, 5.74) is 3.37. The normalized spacial score (nSPS) is 13.6. The van der Waals surface area contributed by atoms with Gasteiger partial charge in [0, 0.05) is 0 Å². The number of hydrogen-bond acceptors (Lipinski definition) is 1. The molecule has 2 aromatic rings. The van der Waals surface area contributed by atoms with Crippen molar-refractivity contribution in [3.05, 3.63) is 68.7 Å². The molecule has 0 N–H and O–H groups in total. The van der Waals surface area contributed by atoms with Crippen molar-refractivity contribution in [3.8, 4) is 6.07 Å². The molecule has 0 amide bonds. The summed E-state index contributed by atoms with van der Waals surface area (Å²) >= 11 is 12.0. The minimum absolute atomic E-state index is 0.468. The molecule has 0 spiro atoms. The molecule has 0 aromatic heterocycles. The lowest BCUT2D eigenvalue weighted by atomic mass is 9.75. The molecule has 0 bridgehead atoms. The predicted octanol–water partition coefficient (Wildman–Crippen LogP) is 5.44. The van der Waals surface area contributed by atoms with Crippen LogP contribution in [0.15, 0.2) is 36.4 Å². The summed E-state index contributed by atoms with van der Waals surface area (Å²) in [7, 11) is 0. The van der Waals surface area contributed by atoms with Gasteiger partial charge in [-0.05, 0) is 49.6 Å². The lowest BCUT2D eigenvalue weighted by Gasteiger charge is -2.25. The molecule has 0 saturated heterocycles. The number of hydrogen-bond donors (Lipinski definition) is 0. The summed E-state index contributed by atoms with van der Waals surface area (Å²) in [4.78, 5) is 0. The second-order valence-electron chi connectivity index (χ2n) is 5.18. The van der Waals surface area contributed by atoms with E-state index >= 15 is 0 Å². The van der Waals surface area contributed by atoms with Crippen LogP contribution in [0.25, 0.3) is 0 Å². The van der Waals surface area contributed by atoms with E-state index in [4.69, 9.17) is 23.2 Å². The number of halogens is 2. The largest absolute Gasteiger partial charge is 0.197 e. The van der Waals surface area contributed by atoms with Crippen molar-refractivity contribution in [1.82, 2.24) is 0 Å². The molecule has 0 aliphatic carbocycles. The molecule has 0 fully saturated rings. The summed E-state index contributed by atoms with van der Waals surface area (Å²) in [5.74, 6) is 0. The molecule has 3 heteroatoms. The lowest BCUT2D eigenvalue weighted by molar-refractivity contribution is 0.733. The third-order valence-corrected chi connectivity index (χ3v) is 4.38. The molecule has 102 valence electrons. The Bertz CT molecular complexity index is 701. The van der Waals surface area contributed by atoms with Gasteiger partial charge in [-0.3, -0.25) is 0 Å². The highest BCUT2D eigenvalue weighted by Gasteiger charge is 2.30.